The predicted octanol–water partition coefficient (Wildman–Crippen LogP) is 4.06. The summed E-state index contributed by atoms with van der Waals surface area (Å²) in [6, 6.07) is 2.47. The summed E-state index contributed by atoms with van der Waals surface area (Å²) in [5, 5.41) is 0.159. The Morgan fingerprint density at radius 2 is 2.09 bits per heavy atom. The van der Waals surface area contributed by atoms with Crippen LogP contribution in [0.15, 0.2) is 37.3 Å². The van der Waals surface area contributed by atoms with Crippen molar-refractivity contribution in [2.24, 2.45) is 0 Å². The van der Waals surface area contributed by atoms with Crippen molar-refractivity contribution < 1.29 is 18.0 Å². The topological polar surface area (TPSA) is 89.9 Å². The van der Waals surface area contributed by atoms with Crippen LogP contribution in [0.2, 0.25) is 0 Å². The van der Waals surface area contributed by atoms with Gasteiger partial charge in [0.2, 0.25) is 5.91 Å². The molecule has 1 fully saturated rings. The van der Waals surface area contributed by atoms with E-state index >= 15 is 0 Å². The number of halogens is 3. The van der Waals surface area contributed by atoms with Crippen LogP contribution in [0.1, 0.15) is 35.0 Å². The zero-order valence-electron chi connectivity index (χ0n) is 17.6. The first-order chi connectivity index (χ1) is 16.4. The second-order valence-electron chi connectivity index (χ2n) is 7.74. The number of carbonyl (C=O) groups is 1. The molecule has 2 N–H and O–H groups in total. The minimum atomic E-state index is -2.72. The largest absolute Gasteiger partial charge is 0.383 e. The molecule has 1 unspecified atom stereocenters. The number of nitrogens with zero attached hydrogens (tertiary/aromatic N) is 5. The molecule has 0 radical (unpaired) electrons. The van der Waals surface area contributed by atoms with Crippen LogP contribution < -0.4 is 5.73 Å². The van der Waals surface area contributed by atoms with Crippen molar-refractivity contribution >= 4 is 44.3 Å². The van der Waals surface area contributed by atoms with Crippen molar-refractivity contribution in [2.75, 3.05) is 18.8 Å². The first-order valence-corrected chi connectivity index (χ1v) is 11.1. The van der Waals surface area contributed by atoms with E-state index in [1.54, 1.807) is 11.1 Å². The van der Waals surface area contributed by atoms with Crippen molar-refractivity contribution in [1.29, 1.82) is 0 Å². The van der Waals surface area contributed by atoms with Gasteiger partial charge in [-0.15, -0.1) is 11.3 Å². The molecule has 11 heteroatoms. The highest BCUT2D eigenvalue weighted by atomic mass is 32.1. The Labute approximate surface area is 195 Å². The van der Waals surface area contributed by atoms with E-state index in [-0.39, 0.29) is 33.9 Å². The molecule has 1 aliphatic rings. The van der Waals surface area contributed by atoms with Gasteiger partial charge in [0, 0.05) is 19.3 Å². The van der Waals surface area contributed by atoms with Gasteiger partial charge in [0.05, 0.1) is 32.8 Å². The fourth-order valence-corrected chi connectivity index (χ4v) is 4.90. The predicted molar refractivity (Wildman–Crippen MR) is 123 cm³/mol. The average molecular weight is 482 g/mol. The number of amides is 1. The Hall–Kier alpha value is -3.91. The maximum Gasteiger partial charge on any atom is 0.289 e. The molecule has 4 heterocycles. The molecule has 1 aromatic carbocycles. The van der Waals surface area contributed by atoms with Gasteiger partial charge >= 0.3 is 0 Å². The highest BCUT2D eigenvalue weighted by Crippen LogP contribution is 2.32. The Kier molecular flexibility index (Phi) is 5.45. The molecular formula is C23H17F3N6OS. The number of fused-ring (bicyclic) bond motifs is 2. The summed E-state index contributed by atoms with van der Waals surface area (Å²) in [6.45, 7) is 4.59. The van der Waals surface area contributed by atoms with Gasteiger partial charge in [-0.1, -0.05) is 18.4 Å². The minimum Gasteiger partial charge on any atom is -0.383 e. The Morgan fingerprint density at radius 1 is 1.29 bits per heavy atom. The third kappa shape index (κ3) is 3.76. The van der Waals surface area contributed by atoms with E-state index in [4.69, 9.17) is 5.73 Å². The summed E-state index contributed by atoms with van der Waals surface area (Å²) >= 11 is 0.748. The van der Waals surface area contributed by atoms with E-state index in [0.29, 0.717) is 40.8 Å². The number of likely N-dealkylation sites (tertiary alicyclic amines) is 1. The van der Waals surface area contributed by atoms with Gasteiger partial charge in [-0.25, -0.2) is 28.1 Å². The van der Waals surface area contributed by atoms with Crippen LogP contribution in [-0.4, -0.2) is 43.4 Å². The van der Waals surface area contributed by atoms with E-state index in [1.807, 2.05) is 4.57 Å². The number of carbonyl (C=O) groups excluding carboxylic acids is 1. The lowest BCUT2D eigenvalue weighted by Gasteiger charge is -2.15. The number of nitrogen functional groups attached to an aromatic ring is 1. The molecule has 0 bridgehead atoms. The zero-order chi connectivity index (χ0) is 24.0. The maximum atomic E-state index is 14.6. The standard InChI is InChI=1S/C23H17F3N6OS/c1-2-18(33)31-6-5-14(10-31)32-9-13(19-21(27)28-11-29-22(19)32)4-3-12-7-16-17(8-15(12)24)34-23(30-16)20(25)26/h2,7-9,11,14,20H,1,5-6,10H2,(H2,27,28,29). The van der Waals surface area contributed by atoms with Gasteiger partial charge in [-0.2, -0.15) is 0 Å². The van der Waals surface area contributed by atoms with Gasteiger partial charge in [0.15, 0.2) is 5.01 Å². The lowest BCUT2D eigenvalue weighted by atomic mass is 10.1. The molecule has 1 aliphatic heterocycles. The fourth-order valence-electron chi connectivity index (χ4n) is 4.07. The van der Waals surface area contributed by atoms with E-state index < -0.39 is 12.2 Å². The SMILES string of the molecule is C=CC(=O)N1CCC(n2cc(C#Cc3cc4nc(C(F)F)sc4cc3F)c3c(N)ncnc32)C1. The second kappa shape index (κ2) is 8.46. The average Bonchev–Trinajstić information content (AvgIpc) is 3.54. The van der Waals surface area contributed by atoms with E-state index in [9.17, 15) is 18.0 Å². The summed E-state index contributed by atoms with van der Waals surface area (Å²) in [6.07, 6.45) is 2.39. The molecule has 0 saturated carbocycles. The molecule has 1 atom stereocenters. The third-order valence-electron chi connectivity index (χ3n) is 5.69. The number of rotatable bonds is 3. The Balaban J connectivity index is 1.55. The van der Waals surface area contributed by atoms with Crippen LogP contribution in [-0.2, 0) is 4.79 Å². The van der Waals surface area contributed by atoms with Crippen molar-refractivity contribution in [3.05, 3.63) is 59.3 Å². The molecule has 5 rings (SSSR count). The van der Waals surface area contributed by atoms with Gasteiger partial charge in [-0.3, -0.25) is 4.79 Å². The highest BCUT2D eigenvalue weighted by Gasteiger charge is 2.28. The molecule has 1 amide bonds. The van der Waals surface area contributed by atoms with Crippen LogP contribution in [0.3, 0.4) is 0 Å². The summed E-state index contributed by atoms with van der Waals surface area (Å²) in [5.41, 5.74) is 7.45. The normalized spacial score (nSPS) is 15.8. The molecule has 0 aliphatic carbocycles. The van der Waals surface area contributed by atoms with Gasteiger partial charge in [0.25, 0.3) is 6.43 Å². The van der Waals surface area contributed by atoms with Crippen molar-refractivity contribution in [3.63, 3.8) is 0 Å². The lowest BCUT2D eigenvalue weighted by Crippen LogP contribution is -2.27. The molecule has 0 spiro atoms. The minimum absolute atomic E-state index is 0.0264. The summed E-state index contributed by atoms with van der Waals surface area (Å²) < 4.78 is 42.8. The quantitative estimate of drug-likeness (QED) is 0.351. The molecule has 1 saturated heterocycles. The number of benzene rings is 1. The third-order valence-corrected chi connectivity index (χ3v) is 6.72. The number of alkyl halides is 2. The Bertz CT molecular complexity index is 1520. The van der Waals surface area contributed by atoms with Crippen molar-refractivity contribution in [1.82, 2.24) is 24.4 Å². The molecule has 7 nitrogen and oxygen atoms in total. The smallest absolute Gasteiger partial charge is 0.289 e. The molecule has 4 aromatic rings. The van der Waals surface area contributed by atoms with E-state index in [2.05, 4.69) is 33.4 Å². The van der Waals surface area contributed by atoms with Gasteiger partial charge < -0.3 is 15.2 Å². The van der Waals surface area contributed by atoms with Crippen LogP contribution in [0.25, 0.3) is 21.3 Å². The van der Waals surface area contributed by atoms with Crippen LogP contribution in [0.4, 0.5) is 19.0 Å². The lowest BCUT2D eigenvalue weighted by molar-refractivity contribution is -0.125. The maximum absolute atomic E-state index is 14.6. The second-order valence-corrected chi connectivity index (χ2v) is 8.80. The van der Waals surface area contributed by atoms with Gasteiger partial charge in [0.1, 0.15) is 23.6 Å². The number of aromatic nitrogens is 4. The first-order valence-electron chi connectivity index (χ1n) is 10.3. The van der Waals surface area contributed by atoms with Crippen LogP contribution >= 0.6 is 11.3 Å². The van der Waals surface area contributed by atoms with Crippen LogP contribution in [0.5, 0.6) is 0 Å². The number of hydrogen-bond donors (Lipinski definition) is 1. The summed E-state index contributed by atoms with van der Waals surface area (Å²) in [5.74, 6) is 5.15. The number of hydrogen-bond acceptors (Lipinski definition) is 6. The van der Waals surface area contributed by atoms with E-state index in [1.165, 1.54) is 18.5 Å². The van der Waals surface area contributed by atoms with E-state index in [0.717, 1.165) is 17.4 Å². The van der Waals surface area contributed by atoms with Crippen molar-refractivity contribution in [2.45, 2.75) is 18.9 Å². The fraction of sp³-hybridized carbons (Fsp3) is 0.217. The van der Waals surface area contributed by atoms with Gasteiger partial charge in [-0.05, 0) is 24.6 Å². The molecule has 34 heavy (non-hydrogen) atoms. The Morgan fingerprint density at radius 3 is 2.85 bits per heavy atom. The molecule has 3 aromatic heterocycles. The number of thiazole rings is 1. The highest BCUT2D eigenvalue weighted by molar-refractivity contribution is 7.18. The summed E-state index contributed by atoms with van der Waals surface area (Å²) in [4.78, 5) is 26.0. The van der Waals surface area contributed by atoms with Crippen molar-refractivity contribution in [3.8, 4) is 11.8 Å². The summed E-state index contributed by atoms with van der Waals surface area (Å²) in [7, 11) is 0. The first kappa shape index (κ1) is 21.9. The molecular weight excluding hydrogens is 465 g/mol. The monoisotopic (exact) mass is 482 g/mol. The zero-order valence-corrected chi connectivity index (χ0v) is 18.5. The molecule has 172 valence electrons. The number of nitrogens with two attached hydrogens (primary N) is 1. The number of anilines is 1. The van der Waals surface area contributed by atoms with Crippen LogP contribution in [0, 0.1) is 17.7 Å².